The first-order valence-corrected chi connectivity index (χ1v) is 29.0. The van der Waals surface area contributed by atoms with Crippen LogP contribution in [-0.4, -0.2) is 106 Å². The Morgan fingerprint density at radius 3 is 2.17 bits per heavy atom. The Kier molecular flexibility index (Phi) is 16.9. The van der Waals surface area contributed by atoms with Gasteiger partial charge in [-0.3, -0.25) is 24.0 Å². The lowest BCUT2D eigenvalue weighted by Gasteiger charge is -2.26. The predicted octanol–water partition coefficient (Wildman–Crippen LogP) is 8.92. The van der Waals surface area contributed by atoms with Crippen LogP contribution in [0, 0.1) is 12.8 Å². The summed E-state index contributed by atoms with van der Waals surface area (Å²) in [6.07, 6.45) is -0.833. The Labute approximate surface area is 461 Å². The Morgan fingerprint density at radius 1 is 0.737 bits per heavy atom. The molecule has 19 nitrogen and oxygen atoms in total. The first-order valence-electron chi connectivity index (χ1n) is 23.8. The number of nitrogens with zero attached hydrogens (tertiary/aromatic N) is 8. The Bertz CT molecular complexity index is 3410. The molecule has 1 aromatic carbocycles. The zero-order chi connectivity index (χ0) is 53.8. The van der Waals surface area contributed by atoms with Crippen molar-refractivity contribution in [1.29, 1.82) is 0 Å². The van der Waals surface area contributed by atoms with Crippen molar-refractivity contribution >= 4 is 103 Å². The van der Waals surface area contributed by atoms with Gasteiger partial charge in [-0.1, -0.05) is 44.2 Å². The number of ether oxygens (including phenoxy) is 2. The van der Waals surface area contributed by atoms with Crippen LogP contribution in [0.3, 0.4) is 0 Å². The summed E-state index contributed by atoms with van der Waals surface area (Å²) in [5.74, 6) is -2.01. The maximum atomic E-state index is 14.3. The van der Waals surface area contributed by atoms with E-state index in [-0.39, 0.29) is 54.1 Å². The summed E-state index contributed by atoms with van der Waals surface area (Å²) in [5.41, 5.74) is 3.98. The number of aromatic nitrogens is 7. The van der Waals surface area contributed by atoms with Crippen molar-refractivity contribution in [2.24, 2.45) is 5.92 Å². The van der Waals surface area contributed by atoms with Gasteiger partial charge in [-0.25, -0.2) is 34.9 Å². The SMILES string of the molecule is CNC(=O)CC1NC(=O)c2csc(n2)-c2ccc(-c3nc(N(C)C)cs3)nc2-c2csc(n2)-c2csc(n2)C(C(OC)c2ccccc2)NC(=O)CNC(=O)c2nc(sc2COC)C(C(C)C)CC(=O)c2nc1sc2C. The number of aryl methyl sites for hydroxylation is 1. The molecule has 76 heavy (non-hydrogen) atoms. The number of fused-ring (bicyclic) bond motifs is 14. The second kappa shape index (κ2) is 23.8. The standard InChI is InChI=1S/C51H52N12O7S6/c1-24(2)28-16-34(64)39-25(3)75-50(61-39)30(17-37(65)52-4)55-44(67)32-21-71-46(57-32)27-14-15-29(48-59-36(23-74-48)63(5)6)54-40(27)31-20-72-49(56-31)33-22-73-51(58-33)42(43(70-8)26-12-10-9-11-13-26)60-38(66)18-53-45(68)41-35(19-69-7)76-47(28)62-41/h9-15,20-24,28,30,42-43H,16-19H2,1-8H3,(H,52,65)(H,53,68)(H,55,67)(H,60,66). The number of pyridine rings is 1. The van der Waals surface area contributed by atoms with Crippen LogP contribution in [0.4, 0.5) is 5.82 Å². The first kappa shape index (κ1) is 54.2. The van der Waals surface area contributed by atoms with E-state index in [0.717, 1.165) is 11.4 Å². The quantitative estimate of drug-likeness (QED) is 0.0999. The molecule has 1 aliphatic heterocycles. The number of benzene rings is 1. The molecule has 25 heteroatoms. The zero-order valence-corrected chi connectivity index (χ0v) is 47.3. The maximum absolute atomic E-state index is 14.3. The molecule has 4 unspecified atom stereocenters. The van der Waals surface area contributed by atoms with Gasteiger partial charge in [0.25, 0.3) is 11.8 Å². The number of ketones is 1. The van der Waals surface area contributed by atoms with Crippen LogP contribution in [0.1, 0.15) is 113 Å². The van der Waals surface area contributed by atoms with Gasteiger partial charge in [0, 0.05) is 79.7 Å². The summed E-state index contributed by atoms with van der Waals surface area (Å²) in [4.78, 5) is 107. The molecule has 4 amide bonds. The summed E-state index contributed by atoms with van der Waals surface area (Å²) < 4.78 is 11.6. The van der Waals surface area contributed by atoms with E-state index in [1.807, 2.05) is 91.4 Å². The molecule has 1 aliphatic rings. The third-order valence-electron chi connectivity index (χ3n) is 12.3. The monoisotopic (exact) mass is 1140 g/mol. The van der Waals surface area contributed by atoms with Gasteiger partial charge >= 0.3 is 0 Å². The lowest BCUT2D eigenvalue weighted by molar-refractivity contribution is -0.122. The second-order valence-corrected chi connectivity index (χ2v) is 23.8. The summed E-state index contributed by atoms with van der Waals surface area (Å²) in [5, 5.41) is 22.0. The average molecular weight is 1140 g/mol. The van der Waals surface area contributed by atoms with Gasteiger partial charge in [0.05, 0.1) is 41.2 Å². The average Bonchev–Trinajstić information content (AvgIpc) is 4.30. The number of methoxy groups -OCH3 is 2. The number of hydrogen-bond donors (Lipinski definition) is 4. The van der Waals surface area contributed by atoms with Crippen LogP contribution in [0.25, 0.3) is 43.4 Å². The molecule has 8 heterocycles. The number of hydrogen-bond acceptors (Lipinski definition) is 21. The van der Waals surface area contributed by atoms with Crippen molar-refractivity contribution in [2.45, 2.75) is 64.3 Å². The van der Waals surface area contributed by atoms with Crippen molar-refractivity contribution in [3.8, 4) is 43.4 Å². The van der Waals surface area contributed by atoms with E-state index in [2.05, 4.69) is 21.3 Å². The number of rotatable bonds is 10. The van der Waals surface area contributed by atoms with Crippen molar-refractivity contribution < 1.29 is 33.4 Å². The van der Waals surface area contributed by atoms with Crippen molar-refractivity contribution in [3.05, 3.63) is 111 Å². The number of thiazole rings is 6. The highest BCUT2D eigenvalue weighted by Crippen LogP contribution is 2.41. The number of nitrogens with one attached hydrogen (secondary N) is 4. The van der Waals surface area contributed by atoms with Crippen LogP contribution in [0.5, 0.6) is 0 Å². The highest BCUT2D eigenvalue weighted by molar-refractivity contribution is 7.15. The van der Waals surface area contributed by atoms with Gasteiger partial charge in [0.15, 0.2) is 5.78 Å². The highest BCUT2D eigenvalue weighted by Gasteiger charge is 2.33. The van der Waals surface area contributed by atoms with E-state index in [4.69, 9.17) is 44.4 Å². The molecule has 4 N–H and O–H groups in total. The minimum atomic E-state index is -0.908. The largest absolute Gasteiger partial charge is 0.379 e. The molecule has 4 atom stereocenters. The van der Waals surface area contributed by atoms with Crippen LogP contribution < -0.4 is 26.2 Å². The maximum Gasteiger partial charge on any atom is 0.271 e. The first-order chi connectivity index (χ1) is 36.6. The molecule has 0 saturated carbocycles. The number of anilines is 1. The minimum Gasteiger partial charge on any atom is -0.379 e. The summed E-state index contributed by atoms with van der Waals surface area (Å²) >= 11 is 7.88. The van der Waals surface area contributed by atoms with Crippen molar-refractivity contribution in [1.82, 2.24) is 56.2 Å². The molecule has 0 saturated heterocycles. The topological polar surface area (TPSA) is 245 Å². The van der Waals surface area contributed by atoms with E-state index in [0.29, 0.717) is 68.1 Å². The van der Waals surface area contributed by atoms with Crippen LogP contribution in [0.2, 0.25) is 0 Å². The number of carbonyl (C=O) groups is 5. The Morgan fingerprint density at radius 2 is 1.45 bits per heavy atom. The van der Waals surface area contributed by atoms with Crippen LogP contribution in [0.15, 0.2) is 64.0 Å². The molecule has 0 fully saturated rings. The Balaban J connectivity index is 1.14. The lowest BCUT2D eigenvalue weighted by atomic mass is 9.90. The van der Waals surface area contributed by atoms with Crippen LogP contribution >= 0.6 is 68.0 Å². The lowest BCUT2D eigenvalue weighted by Crippen LogP contribution is -2.41. The fraction of sp³-hybridized carbons (Fsp3) is 0.333. The zero-order valence-electron chi connectivity index (χ0n) is 42.5. The summed E-state index contributed by atoms with van der Waals surface area (Å²) in [6.45, 7) is 5.37. The number of carbonyl (C=O) groups excluding carboxylic acids is 5. The molecule has 10 bridgehead atoms. The molecule has 9 rings (SSSR count). The summed E-state index contributed by atoms with van der Waals surface area (Å²) in [6, 6.07) is 11.5. The molecule has 8 aromatic rings. The highest BCUT2D eigenvalue weighted by atomic mass is 32.1. The molecular formula is C51H52N12O7S6. The molecule has 0 aliphatic carbocycles. The third kappa shape index (κ3) is 11.9. The molecule has 0 radical (unpaired) electrons. The van der Waals surface area contributed by atoms with Gasteiger partial charge in [-0.05, 0) is 30.5 Å². The van der Waals surface area contributed by atoms with Crippen molar-refractivity contribution in [2.75, 3.05) is 46.8 Å². The summed E-state index contributed by atoms with van der Waals surface area (Å²) in [7, 11) is 8.42. The van der Waals surface area contributed by atoms with Gasteiger partial charge in [-0.15, -0.1) is 68.0 Å². The van der Waals surface area contributed by atoms with E-state index >= 15 is 0 Å². The van der Waals surface area contributed by atoms with Crippen molar-refractivity contribution in [3.63, 3.8) is 0 Å². The number of Topliss-reactive ketones (excluding diaryl/α,β-unsaturated/α-hetero) is 1. The minimum absolute atomic E-state index is 0.00198. The van der Waals surface area contributed by atoms with E-state index in [1.165, 1.54) is 82.2 Å². The van der Waals surface area contributed by atoms with E-state index in [1.54, 1.807) is 19.4 Å². The number of amides is 4. The Hall–Kier alpha value is -6.58. The van der Waals surface area contributed by atoms with Gasteiger partial charge < -0.3 is 35.6 Å². The molecule has 394 valence electrons. The van der Waals surface area contributed by atoms with Gasteiger partial charge in [-0.2, -0.15) is 0 Å². The van der Waals surface area contributed by atoms with E-state index < -0.39 is 48.4 Å². The fourth-order valence-electron chi connectivity index (χ4n) is 8.29. The molecular weight excluding hydrogens is 1090 g/mol. The fourth-order valence-corrected chi connectivity index (χ4v) is 14.0. The third-order valence-corrected chi connectivity index (χ3v) is 18.0. The van der Waals surface area contributed by atoms with Crippen LogP contribution in [-0.2, 0) is 25.7 Å². The molecule has 7 aromatic heterocycles. The normalized spacial score (nSPS) is 16.9. The predicted molar refractivity (Wildman–Crippen MR) is 298 cm³/mol. The smallest absolute Gasteiger partial charge is 0.271 e. The van der Waals surface area contributed by atoms with Gasteiger partial charge in [0.2, 0.25) is 11.8 Å². The van der Waals surface area contributed by atoms with E-state index in [9.17, 15) is 24.0 Å². The second-order valence-electron chi connectivity index (χ2n) is 18.0. The molecule has 0 spiro atoms. The van der Waals surface area contributed by atoms with Gasteiger partial charge in [0.1, 0.15) is 77.2 Å².